The monoisotopic (exact) mass is 633 g/mol. The summed E-state index contributed by atoms with van der Waals surface area (Å²) in [4.78, 5) is 19.3. The molecule has 1 aliphatic rings. The number of benzene rings is 4. The Morgan fingerprint density at radius 1 is 0.860 bits per heavy atom. The minimum absolute atomic E-state index is 0.0144. The van der Waals surface area contributed by atoms with Gasteiger partial charge in [-0.3, -0.25) is 9.69 Å². The van der Waals surface area contributed by atoms with Crippen LogP contribution in [0.3, 0.4) is 0 Å². The van der Waals surface area contributed by atoms with E-state index in [0.717, 1.165) is 63.6 Å². The Kier molecular flexibility index (Phi) is 8.77. The van der Waals surface area contributed by atoms with Crippen LogP contribution >= 0.6 is 15.9 Å². The summed E-state index contributed by atoms with van der Waals surface area (Å²) in [5, 5.41) is 0. The predicted octanol–water partition coefficient (Wildman–Crippen LogP) is 7.79. The predicted molar refractivity (Wildman–Crippen MR) is 177 cm³/mol. The van der Waals surface area contributed by atoms with Crippen LogP contribution in [0.5, 0.6) is 5.75 Å². The standard InChI is InChI=1S/C37H36BrN3O2/c1-27-22-34(36(29-14-7-4-8-15-29)41(27)32-18-11-17-31(38)24-32)37(42)40-21-20-39(25-28-12-5-3-6-13-28)26-33(40)23-30-16-9-10-19-35(30)43-2/h3-19,22,24,33H,20-21,23,25-26H2,1-2H3. The Bertz CT molecular complexity index is 1700. The number of aryl methyl sites for hydroxylation is 1. The molecule has 0 bridgehead atoms. The second kappa shape index (κ2) is 13.0. The maximum atomic E-state index is 14.7. The molecule has 1 unspecified atom stereocenters. The van der Waals surface area contributed by atoms with E-state index in [4.69, 9.17) is 4.74 Å². The molecule has 0 N–H and O–H groups in total. The third-order valence-electron chi connectivity index (χ3n) is 8.25. The van der Waals surface area contributed by atoms with Crippen LogP contribution in [0.25, 0.3) is 16.9 Å². The maximum absolute atomic E-state index is 14.7. The normalized spacial score (nSPS) is 15.4. The van der Waals surface area contributed by atoms with E-state index in [1.807, 2.05) is 48.5 Å². The highest BCUT2D eigenvalue weighted by Gasteiger charge is 2.34. The first kappa shape index (κ1) is 29.0. The SMILES string of the molecule is COc1ccccc1CC1CN(Cc2ccccc2)CCN1C(=O)c1cc(C)n(-c2cccc(Br)c2)c1-c1ccccc1. The molecular weight excluding hydrogens is 598 g/mol. The van der Waals surface area contributed by atoms with E-state index in [-0.39, 0.29) is 11.9 Å². The van der Waals surface area contributed by atoms with Crippen LogP contribution in [-0.4, -0.2) is 53.1 Å². The highest BCUT2D eigenvalue weighted by atomic mass is 79.9. The van der Waals surface area contributed by atoms with Gasteiger partial charge in [-0.1, -0.05) is 101 Å². The van der Waals surface area contributed by atoms with Crippen LogP contribution in [0.2, 0.25) is 0 Å². The molecule has 218 valence electrons. The van der Waals surface area contributed by atoms with Crippen molar-refractivity contribution < 1.29 is 9.53 Å². The van der Waals surface area contributed by atoms with Gasteiger partial charge in [-0.05, 0) is 60.4 Å². The topological polar surface area (TPSA) is 37.7 Å². The summed E-state index contributed by atoms with van der Waals surface area (Å²) < 4.78 is 8.92. The molecular formula is C37H36BrN3O2. The number of piperazine rings is 1. The molecule has 43 heavy (non-hydrogen) atoms. The van der Waals surface area contributed by atoms with Crippen LogP contribution < -0.4 is 4.74 Å². The van der Waals surface area contributed by atoms with Crippen LogP contribution in [-0.2, 0) is 13.0 Å². The number of methoxy groups -OCH3 is 1. The lowest BCUT2D eigenvalue weighted by Crippen LogP contribution is -2.55. The number of para-hydroxylation sites is 1. The van der Waals surface area contributed by atoms with Crippen molar-refractivity contribution in [2.24, 2.45) is 0 Å². The molecule has 0 saturated carbocycles. The molecule has 1 atom stereocenters. The summed E-state index contributed by atoms with van der Waals surface area (Å²) >= 11 is 3.64. The Balaban J connectivity index is 1.39. The Labute approximate surface area is 262 Å². The van der Waals surface area contributed by atoms with E-state index in [9.17, 15) is 4.79 Å². The molecule has 6 rings (SSSR count). The first-order chi connectivity index (χ1) is 21.0. The molecule has 1 fully saturated rings. The Morgan fingerprint density at radius 3 is 2.33 bits per heavy atom. The van der Waals surface area contributed by atoms with Crippen LogP contribution in [0, 0.1) is 6.92 Å². The summed E-state index contributed by atoms with van der Waals surface area (Å²) in [6, 6.07) is 39.3. The van der Waals surface area contributed by atoms with Crippen molar-refractivity contribution in [1.29, 1.82) is 0 Å². The van der Waals surface area contributed by atoms with Crippen molar-refractivity contribution in [3.05, 3.63) is 142 Å². The zero-order valence-corrected chi connectivity index (χ0v) is 26.2. The van der Waals surface area contributed by atoms with Gasteiger partial charge >= 0.3 is 0 Å². The lowest BCUT2D eigenvalue weighted by atomic mass is 9.99. The average molecular weight is 635 g/mol. The third-order valence-corrected chi connectivity index (χ3v) is 8.75. The second-order valence-electron chi connectivity index (χ2n) is 11.1. The number of hydrogen-bond donors (Lipinski definition) is 0. The number of halogens is 1. The smallest absolute Gasteiger partial charge is 0.256 e. The maximum Gasteiger partial charge on any atom is 0.256 e. The average Bonchev–Trinajstić information content (AvgIpc) is 3.39. The zero-order valence-electron chi connectivity index (χ0n) is 24.6. The van der Waals surface area contributed by atoms with Gasteiger partial charge in [0.05, 0.1) is 18.4 Å². The molecule has 4 aromatic carbocycles. The minimum atomic E-state index is -0.0144. The van der Waals surface area contributed by atoms with E-state index < -0.39 is 0 Å². The van der Waals surface area contributed by atoms with Crippen molar-refractivity contribution in [2.45, 2.75) is 25.9 Å². The van der Waals surface area contributed by atoms with Crippen LogP contribution in [0.4, 0.5) is 0 Å². The number of aromatic nitrogens is 1. The van der Waals surface area contributed by atoms with E-state index in [1.165, 1.54) is 5.56 Å². The molecule has 1 aromatic heterocycles. The number of nitrogens with zero attached hydrogens (tertiary/aromatic N) is 3. The van der Waals surface area contributed by atoms with E-state index in [0.29, 0.717) is 13.0 Å². The lowest BCUT2D eigenvalue weighted by Gasteiger charge is -2.42. The molecule has 2 heterocycles. The quantitative estimate of drug-likeness (QED) is 0.175. The molecule has 1 saturated heterocycles. The van der Waals surface area contributed by atoms with Crippen molar-refractivity contribution in [3.8, 4) is 22.7 Å². The van der Waals surface area contributed by atoms with Gasteiger partial charge in [0.1, 0.15) is 5.75 Å². The highest BCUT2D eigenvalue weighted by molar-refractivity contribution is 9.10. The molecule has 0 radical (unpaired) electrons. The molecule has 1 aliphatic heterocycles. The molecule has 0 aliphatic carbocycles. The zero-order chi connectivity index (χ0) is 29.8. The third kappa shape index (κ3) is 6.31. The lowest BCUT2D eigenvalue weighted by molar-refractivity contribution is 0.0438. The van der Waals surface area contributed by atoms with Gasteiger partial charge in [0, 0.05) is 48.1 Å². The van der Waals surface area contributed by atoms with E-state index in [2.05, 4.69) is 104 Å². The van der Waals surface area contributed by atoms with Gasteiger partial charge in [-0.25, -0.2) is 0 Å². The second-order valence-corrected chi connectivity index (χ2v) is 12.0. The summed E-state index contributed by atoms with van der Waals surface area (Å²) in [5.41, 5.74) is 7.09. The molecule has 5 aromatic rings. The fraction of sp³-hybridized carbons (Fsp3) is 0.216. The van der Waals surface area contributed by atoms with E-state index >= 15 is 0 Å². The Hall–Kier alpha value is -4.13. The van der Waals surface area contributed by atoms with Gasteiger partial charge in [0.25, 0.3) is 5.91 Å². The summed E-state index contributed by atoms with van der Waals surface area (Å²) in [5.74, 6) is 0.923. The number of ether oxygens (including phenoxy) is 1. The molecule has 6 heteroatoms. The van der Waals surface area contributed by atoms with Crippen molar-refractivity contribution in [2.75, 3.05) is 26.7 Å². The van der Waals surface area contributed by atoms with Gasteiger partial charge in [0.15, 0.2) is 0 Å². The number of carbonyl (C=O) groups excluding carboxylic acids is 1. The number of rotatable bonds is 8. The van der Waals surface area contributed by atoms with Crippen molar-refractivity contribution >= 4 is 21.8 Å². The van der Waals surface area contributed by atoms with Gasteiger partial charge in [-0.2, -0.15) is 0 Å². The summed E-state index contributed by atoms with van der Waals surface area (Å²) in [6.07, 6.45) is 0.715. The van der Waals surface area contributed by atoms with Gasteiger partial charge in [-0.15, -0.1) is 0 Å². The number of carbonyl (C=O) groups is 1. The Morgan fingerprint density at radius 2 is 1.58 bits per heavy atom. The first-order valence-corrected chi connectivity index (χ1v) is 15.5. The van der Waals surface area contributed by atoms with Gasteiger partial charge in [0.2, 0.25) is 0 Å². The number of hydrogen-bond acceptors (Lipinski definition) is 3. The molecule has 5 nitrogen and oxygen atoms in total. The first-order valence-electron chi connectivity index (χ1n) is 14.7. The van der Waals surface area contributed by atoms with E-state index in [1.54, 1.807) is 7.11 Å². The molecule has 0 spiro atoms. The number of amides is 1. The summed E-state index contributed by atoms with van der Waals surface area (Å²) in [7, 11) is 1.71. The fourth-order valence-corrected chi connectivity index (χ4v) is 6.64. The molecule has 1 amide bonds. The summed E-state index contributed by atoms with van der Waals surface area (Å²) in [6.45, 7) is 5.19. The highest BCUT2D eigenvalue weighted by Crippen LogP contribution is 2.34. The fourth-order valence-electron chi connectivity index (χ4n) is 6.26. The van der Waals surface area contributed by atoms with Gasteiger partial charge < -0.3 is 14.2 Å². The van der Waals surface area contributed by atoms with Crippen LogP contribution in [0.15, 0.2) is 120 Å². The largest absolute Gasteiger partial charge is 0.496 e. The van der Waals surface area contributed by atoms with Crippen molar-refractivity contribution in [3.63, 3.8) is 0 Å². The van der Waals surface area contributed by atoms with Crippen LogP contribution in [0.1, 0.15) is 27.2 Å². The minimum Gasteiger partial charge on any atom is -0.496 e. The van der Waals surface area contributed by atoms with Crippen molar-refractivity contribution in [1.82, 2.24) is 14.4 Å².